The minimum absolute atomic E-state index is 0.00644. The van der Waals surface area contributed by atoms with Crippen molar-refractivity contribution in [3.05, 3.63) is 35.4 Å². The van der Waals surface area contributed by atoms with Crippen molar-refractivity contribution in [3.8, 4) is 0 Å². The lowest BCUT2D eigenvalue weighted by Crippen LogP contribution is -2.16. The molecule has 0 spiro atoms. The molecule has 0 amide bonds. The van der Waals surface area contributed by atoms with Crippen molar-refractivity contribution in [2.75, 3.05) is 0 Å². The van der Waals surface area contributed by atoms with Crippen LogP contribution >= 0.6 is 0 Å². The van der Waals surface area contributed by atoms with Gasteiger partial charge in [-0.05, 0) is 23.0 Å². The molecule has 0 saturated carbocycles. The molecule has 0 saturated heterocycles. The fraction of sp³-hybridized carbons (Fsp3) is 0.571. The highest BCUT2D eigenvalue weighted by Gasteiger charge is 2.31. The van der Waals surface area contributed by atoms with E-state index in [1.807, 2.05) is 0 Å². The first kappa shape index (κ1) is 15.0. The van der Waals surface area contributed by atoms with Crippen molar-refractivity contribution in [3.63, 3.8) is 0 Å². The molecule has 1 nitrogen and oxygen atoms in total. The minimum atomic E-state index is -4.35. The second-order valence-electron chi connectivity index (χ2n) is 5.19. The van der Waals surface area contributed by atoms with E-state index in [1.165, 1.54) is 0 Å². The van der Waals surface area contributed by atoms with Gasteiger partial charge in [0.05, 0.1) is 12.5 Å². The van der Waals surface area contributed by atoms with E-state index in [2.05, 4.69) is 20.8 Å². The van der Waals surface area contributed by atoms with E-state index in [-0.39, 0.29) is 5.41 Å². The Labute approximate surface area is 106 Å². The van der Waals surface area contributed by atoms with Gasteiger partial charge in [-0.3, -0.25) is 0 Å². The molecule has 0 radical (unpaired) electrons. The third-order valence-corrected chi connectivity index (χ3v) is 3.39. The van der Waals surface area contributed by atoms with Gasteiger partial charge < -0.3 is 5.11 Å². The largest absolute Gasteiger partial charge is 0.391 e. The van der Waals surface area contributed by atoms with E-state index < -0.39 is 18.7 Å². The van der Waals surface area contributed by atoms with Crippen LogP contribution in [0.1, 0.15) is 50.8 Å². The third kappa shape index (κ3) is 4.02. The molecule has 4 heteroatoms. The van der Waals surface area contributed by atoms with E-state index in [0.717, 1.165) is 12.0 Å². The molecule has 0 bridgehead atoms. The van der Waals surface area contributed by atoms with Crippen LogP contribution in [0.4, 0.5) is 13.2 Å². The monoisotopic (exact) mass is 260 g/mol. The summed E-state index contributed by atoms with van der Waals surface area (Å²) >= 11 is 0. The van der Waals surface area contributed by atoms with Crippen molar-refractivity contribution in [2.24, 2.45) is 0 Å². The summed E-state index contributed by atoms with van der Waals surface area (Å²) in [7, 11) is 0. The third-order valence-electron chi connectivity index (χ3n) is 3.39. The SMILES string of the molecule is CCC(C)(C)c1ccc(C(O)CC(F)(F)F)cc1. The van der Waals surface area contributed by atoms with Gasteiger partial charge in [0.25, 0.3) is 0 Å². The van der Waals surface area contributed by atoms with Gasteiger partial charge in [0, 0.05) is 0 Å². The minimum Gasteiger partial charge on any atom is -0.388 e. The summed E-state index contributed by atoms with van der Waals surface area (Å²) in [6, 6.07) is 6.73. The van der Waals surface area contributed by atoms with E-state index >= 15 is 0 Å². The van der Waals surface area contributed by atoms with Gasteiger partial charge in [-0.1, -0.05) is 45.0 Å². The number of benzene rings is 1. The van der Waals surface area contributed by atoms with Gasteiger partial charge in [0.15, 0.2) is 0 Å². The van der Waals surface area contributed by atoms with Gasteiger partial charge in [-0.2, -0.15) is 13.2 Å². The van der Waals surface area contributed by atoms with Crippen LogP contribution in [0.3, 0.4) is 0 Å². The standard InChI is InChI=1S/C14H19F3O/c1-4-13(2,3)11-7-5-10(6-8-11)12(18)9-14(15,16)17/h5-8,12,18H,4,9H2,1-3H3. The van der Waals surface area contributed by atoms with Crippen LogP contribution in [-0.2, 0) is 5.41 Å². The fourth-order valence-corrected chi connectivity index (χ4v) is 1.70. The summed E-state index contributed by atoms with van der Waals surface area (Å²) in [6.45, 7) is 6.22. The summed E-state index contributed by atoms with van der Waals surface area (Å²) in [4.78, 5) is 0. The second-order valence-corrected chi connectivity index (χ2v) is 5.19. The topological polar surface area (TPSA) is 20.2 Å². The summed E-state index contributed by atoms with van der Waals surface area (Å²) in [5.74, 6) is 0. The van der Waals surface area contributed by atoms with Crippen molar-refractivity contribution in [1.29, 1.82) is 0 Å². The Hall–Kier alpha value is -1.03. The number of alkyl halides is 3. The Balaban J connectivity index is 2.83. The molecule has 102 valence electrons. The maximum absolute atomic E-state index is 12.2. The maximum Gasteiger partial charge on any atom is 0.391 e. The molecule has 0 aliphatic rings. The van der Waals surface area contributed by atoms with Crippen LogP contribution in [0.5, 0.6) is 0 Å². The molecule has 0 heterocycles. The molecular weight excluding hydrogens is 241 g/mol. The van der Waals surface area contributed by atoms with Crippen LogP contribution in [-0.4, -0.2) is 11.3 Å². The predicted octanol–water partition coefficient (Wildman–Crippen LogP) is 4.36. The number of hydrogen-bond donors (Lipinski definition) is 1. The van der Waals surface area contributed by atoms with Crippen LogP contribution in [0.15, 0.2) is 24.3 Å². The molecular formula is C14H19F3O. The number of aliphatic hydroxyl groups excluding tert-OH is 1. The molecule has 1 unspecified atom stereocenters. The summed E-state index contributed by atoms with van der Waals surface area (Å²) in [5.41, 5.74) is 1.36. The molecule has 1 aromatic rings. The lowest BCUT2D eigenvalue weighted by atomic mass is 9.82. The average molecular weight is 260 g/mol. The van der Waals surface area contributed by atoms with Gasteiger partial charge in [0.2, 0.25) is 0 Å². The molecule has 0 aliphatic carbocycles. The molecule has 18 heavy (non-hydrogen) atoms. The molecule has 0 aliphatic heterocycles. The van der Waals surface area contributed by atoms with E-state index in [4.69, 9.17) is 0 Å². The molecule has 0 aromatic heterocycles. The average Bonchev–Trinajstić information content (AvgIpc) is 2.27. The molecule has 0 fully saturated rings. The Morgan fingerprint density at radius 3 is 2.00 bits per heavy atom. The Morgan fingerprint density at radius 2 is 1.61 bits per heavy atom. The van der Waals surface area contributed by atoms with Crippen LogP contribution < -0.4 is 0 Å². The Bertz CT molecular complexity index is 379. The van der Waals surface area contributed by atoms with Crippen molar-refractivity contribution in [1.82, 2.24) is 0 Å². The molecule has 1 N–H and O–H groups in total. The first-order chi connectivity index (χ1) is 8.15. The highest BCUT2D eigenvalue weighted by Crippen LogP contribution is 2.31. The summed E-state index contributed by atoms with van der Waals surface area (Å²) in [5, 5.41) is 9.49. The summed E-state index contributed by atoms with van der Waals surface area (Å²) < 4.78 is 36.5. The fourth-order valence-electron chi connectivity index (χ4n) is 1.70. The number of hydrogen-bond acceptors (Lipinski definition) is 1. The molecule has 1 aromatic carbocycles. The lowest BCUT2D eigenvalue weighted by molar-refractivity contribution is -0.154. The Morgan fingerprint density at radius 1 is 1.11 bits per heavy atom. The lowest BCUT2D eigenvalue weighted by Gasteiger charge is -2.24. The molecule has 1 atom stereocenters. The first-order valence-electron chi connectivity index (χ1n) is 6.01. The van der Waals surface area contributed by atoms with Gasteiger partial charge in [-0.15, -0.1) is 0 Å². The summed E-state index contributed by atoms with van der Waals surface area (Å²) in [6.07, 6.45) is -6.09. The quantitative estimate of drug-likeness (QED) is 0.852. The number of aliphatic hydroxyl groups is 1. The van der Waals surface area contributed by atoms with Crippen molar-refractivity contribution in [2.45, 2.75) is 51.3 Å². The van der Waals surface area contributed by atoms with Gasteiger partial charge in [-0.25, -0.2) is 0 Å². The number of rotatable bonds is 4. The molecule has 1 rings (SSSR count). The Kier molecular flexibility index (Phi) is 4.43. The zero-order chi connectivity index (χ0) is 14.0. The zero-order valence-corrected chi connectivity index (χ0v) is 10.9. The van der Waals surface area contributed by atoms with Gasteiger partial charge >= 0.3 is 6.18 Å². The highest BCUT2D eigenvalue weighted by atomic mass is 19.4. The maximum atomic E-state index is 12.2. The normalized spacial score (nSPS) is 14.6. The van der Waals surface area contributed by atoms with Crippen molar-refractivity contribution < 1.29 is 18.3 Å². The van der Waals surface area contributed by atoms with Gasteiger partial charge in [0.1, 0.15) is 0 Å². The second kappa shape index (κ2) is 5.31. The first-order valence-corrected chi connectivity index (χ1v) is 6.01. The van der Waals surface area contributed by atoms with E-state index in [0.29, 0.717) is 5.56 Å². The van der Waals surface area contributed by atoms with Crippen LogP contribution in [0.25, 0.3) is 0 Å². The van der Waals surface area contributed by atoms with Crippen LogP contribution in [0.2, 0.25) is 0 Å². The predicted molar refractivity (Wildman–Crippen MR) is 65.4 cm³/mol. The smallest absolute Gasteiger partial charge is 0.388 e. The highest BCUT2D eigenvalue weighted by molar-refractivity contribution is 5.29. The number of halogens is 3. The van der Waals surface area contributed by atoms with E-state index in [1.54, 1.807) is 24.3 Å². The van der Waals surface area contributed by atoms with Crippen molar-refractivity contribution >= 4 is 0 Å². The zero-order valence-electron chi connectivity index (χ0n) is 10.9. The van der Waals surface area contributed by atoms with Crippen LogP contribution in [0, 0.1) is 0 Å². The van der Waals surface area contributed by atoms with E-state index in [9.17, 15) is 18.3 Å².